The van der Waals surface area contributed by atoms with Gasteiger partial charge in [0.2, 0.25) is 0 Å². The zero-order chi connectivity index (χ0) is 11.6. The minimum absolute atomic E-state index is 0.175. The Hall–Kier alpha value is -0.870. The molecule has 0 spiro atoms. The Morgan fingerprint density at radius 1 is 1.38 bits per heavy atom. The van der Waals surface area contributed by atoms with Crippen molar-refractivity contribution in [2.75, 3.05) is 12.3 Å². The molecule has 1 heterocycles. The molecule has 1 aromatic carbocycles. The Bertz CT molecular complexity index is 480. The van der Waals surface area contributed by atoms with E-state index in [9.17, 15) is 8.42 Å². The van der Waals surface area contributed by atoms with Gasteiger partial charge in [-0.3, -0.25) is 0 Å². The van der Waals surface area contributed by atoms with Gasteiger partial charge in [0.15, 0.2) is 9.84 Å². The third-order valence-electron chi connectivity index (χ3n) is 3.06. The van der Waals surface area contributed by atoms with Gasteiger partial charge < -0.3 is 5.32 Å². The van der Waals surface area contributed by atoms with Gasteiger partial charge in [-0.1, -0.05) is 25.1 Å². The Labute approximate surface area is 96.8 Å². The molecule has 1 N–H and O–H groups in total. The zero-order valence-electron chi connectivity index (χ0n) is 9.49. The largest absolute Gasteiger partial charge is 0.312 e. The maximum atomic E-state index is 11.6. The highest BCUT2D eigenvalue weighted by molar-refractivity contribution is 7.90. The summed E-state index contributed by atoms with van der Waals surface area (Å²) < 4.78 is 23.3. The number of hydrogen-bond acceptors (Lipinski definition) is 3. The summed E-state index contributed by atoms with van der Waals surface area (Å²) in [7, 11) is -2.93. The summed E-state index contributed by atoms with van der Waals surface area (Å²) in [5.74, 6) is 0.387. The van der Waals surface area contributed by atoms with Gasteiger partial charge in [0, 0.05) is 12.3 Å². The van der Waals surface area contributed by atoms with Crippen molar-refractivity contribution < 1.29 is 8.42 Å². The molecule has 0 fully saturated rings. The number of rotatable bonds is 3. The first-order chi connectivity index (χ1) is 7.62. The Balaban J connectivity index is 2.35. The molecular formula is C12H17NO2S. The van der Waals surface area contributed by atoms with Gasteiger partial charge in [-0.25, -0.2) is 8.42 Å². The molecule has 1 aliphatic rings. The maximum absolute atomic E-state index is 11.6. The molecule has 88 valence electrons. The average molecular weight is 239 g/mol. The first-order valence-electron chi connectivity index (χ1n) is 5.63. The highest BCUT2D eigenvalue weighted by Crippen LogP contribution is 2.20. The summed E-state index contributed by atoms with van der Waals surface area (Å²) >= 11 is 0. The molecule has 0 saturated heterocycles. The van der Waals surface area contributed by atoms with Crippen LogP contribution in [0.25, 0.3) is 0 Å². The predicted molar refractivity (Wildman–Crippen MR) is 65.0 cm³/mol. The van der Waals surface area contributed by atoms with Crippen LogP contribution < -0.4 is 5.32 Å². The molecule has 0 unspecified atom stereocenters. The normalized spacial score (nSPS) is 15.8. The number of benzene rings is 1. The van der Waals surface area contributed by atoms with Gasteiger partial charge in [-0.2, -0.15) is 0 Å². The van der Waals surface area contributed by atoms with E-state index in [0.29, 0.717) is 0 Å². The summed E-state index contributed by atoms with van der Waals surface area (Å²) in [5, 5.41) is 3.29. The molecule has 0 atom stereocenters. The number of fused-ring (bicyclic) bond motifs is 1. The van der Waals surface area contributed by atoms with Gasteiger partial charge in [-0.15, -0.1) is 0 Å². The smallest absolute Gasteiger partial charge is 0.154 e. The van der Waals surface area contributed by atoms with Crippen LogP contribution in [0.2, 0.25) is 0 Å². The summed E-state index contributed by atoms with van der Waals surface area (Å²) in [5.41, 5.74) is 3.44. The van der Waals surface area contributed by atoms with Crippen LogP contribution in [0.1, 0.15) is 23.6 Å². The van der Waals surface area contributed by atoms with E-state index >= 15 is 0 Å². The molecule has 0 aromatic heterocycles. The highest BCUT2D eigenvalue weighted by atomic mass is 32.2. The van der Waals surface area contributed by atoms with Crippen molar-refractivity contribution in [1.82, 2.24) is 5.32 Å². The van der Waals surface area contributed by atoms with E-state index in [4.69, 9.17) is 0 Å². The lowest BCUT2D eigenvalue weighted by molar-refractivity contribution is 0.595. The van der Waals surface area contributed by atoms with Gasteiger partial charge >= 0.3 is 0 Å². The second-order valence-corrected chi connectivity index (χ2v) is 6.51. The molecule has 4 heteroatoms. The molecule has 3 nitrogen and oxygen atoms in total. The second kappa shape index (κ2) is 4.55. The zero-order valence-corrected chi connectivity index (χ0v) is 10.3. The van der Waals surface area contributed by atoms with Gasteiger partial charge in [0.1, 0.15) is 0 Å². The van der Waals surface area contributed by atoms with Crippen LogP contribution in [-0.4, -0.2) is 20.7 Å². The van der Waals surface area contributed by atoms with Gasteiger partial charge in [0.25, 0.3) is 0 Å². The summed E-state index contributed by atoms with van der Waals surface area (Å²) in [6, 6.07) is 5.99. The Kier molecular flexibility index (Phi) is 3.30. The van der Waals surface area contributed by atoms with Crippen LogP contribution in [0.4, 0.5) is 0 Å². The van der Waals surface area contributed by atoms with Crippen LogP contribution in [-0.2, 0) is 28.6 Å². The van der Waals surface area contributed by atoms with Crippen LogP contribution >= 0.6 is 0 Å². The number of nitrogens with one attached hydrogen (secondary N) is 1. The van der Waals surface area contributed by atoms with Crippen LogP contribution in [0.15, 0.2) is 18.2 Å². The SMILES string of the molecule is CCS(=O)(=O)Cc1cccc2c1CNCC2. The molecule has 0 amide bonds. The predicted octanol–water partition coefficient (Wildman–Crippen LogP) is 1.27. The minimum atomic E-state index is -2.93. The Morgan fingerprint density at radius 3 is 2.94 bits per heavy atom. The fraction of sp³-hybridized carbons (Fsp3) is 0.500. The molecule has 0 aliphatic carbocycles. The summed E-state index contributed by atoms with van der Waals surface area (Å²) in [6.07, 6.45) is 0.995. The lowest BCUT2D eigenvalue weighted by Gasteiger charge is -2.20. The van der Waals surface area contributed by atoms with Crippen molar-refractivity contribution in [3.05, 3.63) is 34.9 Å². The van der Waals surface area contributed by atoms with E-state index in [2.05, 4.69) is 11.4 Å². The van der Waals surface area contributed by atoms with Crippen molar-refractivity contribution in [2.24, 2.45) is 0 Å². The molecule has 1 aliphatic heterocycles. The van der Waals surface area contributed by atoms with Crippen molar-refractivity contribution >= 4 is 9.84 Å². The topological polar surface area (TPSA) is 46.2 Å². The van der Waals surface area contributed by atoms with Crippen molar-refractivity contribution in [3.63, 3.8) is 0 Å². The third kappa shape index (κ3) is 2.44. The minimum Gasteiger partial charge on any atom is -0.312 e. The van der Waals surface area contributed by atoms with Crippen molar-refractivity contribution in [3.8, 4) is 0 Å². The highest BCUT2D eigenvalue weighted by Gasteiger charge is 2.16. The van der Waals surface area contributed by atoms with E-state index in [1.807, 2.05) is 12.1 Å². The van der Waals surface area contributed by atoms with E-state index in [-0.39, 0.29) is 11.5 Å². The van der Waals surface area contributed by atoms with E-state index in [0.717, 1.165) is 25.1 Å². The third-order valence-corrected chi connectivity index (χ3v) is 4.69. The van der Waals surface area contributed by atoms with E-state index < -0.39 is 9.84 Å². The number of sulfone groups is 1. The van der Waals surface area contributed by atoms with Crippen molar-refractivity contribution in [1.29, 1.82) is 0 Å². The standard InChI is InChI=1S/C12H17NO2S/c1-2-16(14,15)9-11-5-3-4-10-6-7-13-8-12(10)11/h3-5,13H,2,6-9H2,1H3. The lowest BCUT2D eigenvalue weighted by Crippen LogP contribution is -2.25. The average Bonchev–Trinajstić information content (AvgIpc) is 2.29. The molecular weight excluding hydrogens is 222 g/mol. The molecule has 2 rings (SSSR count). The van der Waals surface area contributed by atoms with Gasteiger partial charge in [0.05, 0.1) is 5.75 Å². The summed E-state index contributed by atoms with van der Waals surface area (Å²) in [4.78, 5) is 0. The van der Waals surface area contributed by atoms with Crippen LogP contribution in [0, 0.1) is 0 Å². The molecule has 0 radical (unpaired) electrons. The van der Waals surface area contributed by atoms with Gasteiger partial charge in [-0.05, 0) is 29.7 Å². The molecule has 16 heavy (non-hydrogen) atoms. The van der Waals surface area contributed by atoms with E-state index in [1.165, 1.54) is 11.1 Å². The lowest BCUT2D eigenvalue weighted by atomic mass is 9.97. The fourth-order valence-electron chi connectivity index (χ4n) is 2.06. The van der Waals surface area contributed by atoms with Crippen LogP contribution in [0.3, 0.4) is 0 Å². The fourth-order valence-corrected chi connectivity index (χ4v) is 3.01. The monoisotopic (exact) mass is 239 g/mol. The maximum Gasteiger partial charge on any atom is 0.154 e. The Morgan fingerprint density at radius 2 is 2.19 bits per heavy atom. The van der Waals surface area contributed by atoms with Crippen LogP contribution in [0.5, 0.6) is 0 Å². The number of hydrogen-bond donors (Lipinski definition) is 1. The quantitative estimate of drug-likeness (QED) is 0.864. The van der Waals surface area contributed by atoms with Crippen molar-refractivity contribution in [2.45, 2.75) is 25.6 Å². The van der Waals surface area contributed by atoms with E-state index in [1.54, 1.807) is 6.92 Å². The first-order valence-corrected chi connectivity index (χ1v) is 7.45. The first kappa shape index (κ1) is 11.6. The summed E-state index contributed by atoms with van der Waals surface area (Å²) in [6.45, 7) is 3.48. The molecule has 1 aromatic rings. The molecule has 0 saturated carbocycles. The second-order valence-electron chi connectivity index (χ2n) is 4.16. The molecule has 0 bridgehead atoms.